The molecule has 0 aliphatic carbocycles. The molecular formula is C25H35N7O5S. The molecule has 38 heavy (non-hydrogen) atoms. The van der Waals surface area contributed by atoms with E-state index in [-0.39, 0.29) is 29.4 Å². The van der Waals surface area contributed by atoms with Crippen molar-refractivity contribution in [1.29, 1.82) is 0 Å². The maximum atomic E-state index is 13.9. The molecule has 1 unspecified atom stereocenters. The molecule has 1 aromatic carbocycles. The summed E-state index contributed by atoms with van der Waals surface area (Å²) in [5.41, 5.74) is 0.409. The van der Waals surface area contributed by atoms with E-state index in [1.54, 1.807) is 17.5 Å². The molecule has 2 fully saturated rings. The number of aromatic nitrogens is 4. The summed E-state index contributed by atoms with van der Waals surface area (Å²) in [7, 11) is -1.90. The van der Waals surface area contributed by atoms with Crippen LogP contribution in [0.2, 0.25) is 0 Å². The van der Waals surface area contributed by atoms with Crippen molar-refractivity contribution in [3.63, 3.8) is 0 Å². The molecule has 2 N–H and O–H groups in total. The van der Waals surface area contributed by atoms with Crippen molar-refractivity contribution in [1.82, 2.24) is 34.1 Å². The molecule has 206 valence electrons. The number of imidazole rings is 1. The lowest BCUT2D eigenvalue weighted by atomic mass is 10.0. The van der Waals surface area contributed by atoms with Gasteiger partial charge < -0.3 is 19.8 Å². The van der Waals surface area contributed by atoms with Gasteiger partial charge in [0, 0.05) is 39.3 Å². The highest BCUT2D eigenvalue weighted by atomic mass is 32.2. The minimum absolute atomic E-state index is 0.100. The van der Waals surface area contributed by atoms with Gasteiger partial charge in [-0.1, -0.05) is 6.92 Å². The van der Waals surface area contributed by atoms with E-state index in [1.807, 2.05) is 20.9 Å². The van der Waals surface area contributed by atoms with Gasteiger partial charge in [0.25, 0.3) is 5.56 Å². The molecule has 3 aromatic rings. The monoisotopic (exact) mass is 545 g/mol. The number of likely N-dealkylation sites (N-methyl/N-ethyl adjacent to an activating group) is 1. The number of benzene rings is 1. The number of nitrogens with zero attached hydrogens (tertiary/aromatic N) is 5. The first kappa shape index (κ1) is 26.8. The molecule has 2 aliphatic rings. The zero-order valence-electron chi connectivity index (χ0n) is 22.3. The van der Waals surface area contributed by atoms with Crippen LogP contribution in [0.4, 0.5) is 0 Å². The number of ether oxygens (including phenoxy) is 2. The van der Waals surface area contributed by atoms with Crippen LogP contribution in [-0.2, 0) is 21.2 Å². The Bertz CT molecular complexity index is 1500. The molecule has 13 heteroatoms. The second kappa shape index (κ2) is 10.4. The summed E-state index contributed by atoms with van der Waals surface area (Å²) in [6.45, 7) is 8.76. The maximum Gasteiger partial charge on any atom is 0.277 e. The van der Waals surface area contributed by atoms with Crippen molar-refractivity contribution in [2.24, 2.45) is 0 Å². The third kappa shape index (κ3) is 4.84. The van der Waals surface area contributed by atoms with Crippen LogP contribution in [0.5, 0.6) is 5.75 Å². The first-order chi connectivity index (χ1) is 18.2. The first-order valence-electron chi connectivity index (χ1n) is 13.0. The summed E-state index contributed by atoms with van der Waals surface area (Å²) in [6.07, 6.45) is 1.49. The molecule has 0 amide bonds. The number of hydrogen-bond acceptors (Lipinski definition) is 9. The molecule has 1 atom stereocenters. The van der Waals surface area contributed by atoms with Crippen LogP contribution in [0, 0.1) is 6.92 Å². The SMILES string of the molecule is CCCc1nc(C)c2c(=O)[nH]c(-c3cc(S(=O)(=O)N4CCOC5(CNCN(C)C5)C4)ccc3OCC)nn12. The van der Waals surface area contributed by atoms with Gasteiger partial charge in [0.15, 0.2) is 11.3 Å². The van der Waals surface area contributed by atoms with Crippen molar-refractivity contribution in [3.05, 3.63) is 40.1 Å². The fraction of sp³-hybridized carbons (Fsp3) is 0.560. The first-order valence-corrected chi connectivity index (χ1v) is 14.4. The fourth-order valence-electron chi connectivity index (χ4n) is 5.32. The highest BCUT2D eigenvalue weighted by Crippen LogP contribution is 2.33. The van der Waals surface area contributed by atoms with Crippen LogP contribution in [0.1, 0.15) is 31.8 Å². The fourth-order valence-corrected chi connectivity index (χ4v) is 6.85. The van der Waals surface area contributed by atoms with Crippen LogP contribution in [-0.4, -0.2) is 95.9 Å². The molecule has 0 radical (unpaired) electrons. The smallest absolute Gasteiger partial charge is 0.277 e. The molecule has 0 saturated carbocycles. The molecule has 12 nitrogen and oxygen atoms in total. The Morgan fingerprint density at radius 2 is 2.05 bits per heavy atom. The van der Waals surface area contributed by atoms with E-state index in [0.717, 1.165) is 13.1 Å². The Balaban J connectivity index is 1.57. The van der Waals surface area contributed by atoms with E-state index in [4.69, 9.17) is 9.47 Å². The quantitative estimate of drug-likeness (QED) is 0.446. The second-order valence-corrected chi connectivity index (χ2v) is 11.9. The summed E-state index contributed by atoms with van der Waals surface area (Å²) < 4.78 is 42.6. The highest BCUT2D eigenvalue weighted by Gasteiger charge is 2.43. The van der Waals surface area contributed by atoms with E-state index >= 15 is 0 Å². The lowest BCUT2D eigenvalue weighted by Crippen LogP contribution is -2.66. The normalized spacial score (nSPS) is 21.4. The molecule has 2 aromatic heterocycles. The topological polar surface area (TPSA) is 134 Å². The summed E-state index contributed by atoms with van der Waals surface area (Å²) in [5, 5.41) is 7.98. The van der Waals surface area contributed by atoms with Crippen molar-refractivity contribution in [2.75, 3.05) is 53.1 Å². The van der Waals surface area contributed by atoms with Crippen molar-refractivity contribution >= 4 is 15.5 Å². The summed E-state index contributed by atoms with van der Waals surface area (Å²) in [4.78, 5) is 22.6. The number of aryl methyl sites for hydroxylation is 2. The third-order valence-corrected chi connectivity index (χ3v) is 8.80. The van der Waals surface area contributed by atoms with Crippen LogP contribution >= 0.6 is 0 Å². The summed E-state index contributed by atoms with van der Waals surface area (Å²) in [5.74, 6) is 1.33. The van der Waals surface area contributed by atoms with Gasteiger partial charge in [0.2, 0.25) is 10.0 Å². The summed E-state index contributed by atoms with van der Waals surface area (Å²) >= 11 is 0. The van der Waals surface area contributed by atoms with E-state index in [2.05, 4.69) is 25.3 Å². The van der Waals surface area contributed by atoms with Crippen LogP contribution in [0.3, 0.4) is 0 Å². The van der Waals surface area contributed by atoms with Gasteiger partial charge in [0.1, 0.15) is 17.2 Å². The van der Waals surface area contributed by atoms with Crippen molar-refractivity contribution in [3.8, 4) is 17.1 Å². The lowest BCUT2D eigenvalue weighted by Gasteiger charge is -2.46. The van der Waals surface area contributed by atoms with Gasteiger partial charge >= 0.3 is 0 Å². The predicted molar refractivity (Wildman–Crippen MR) is 142 cm³/mol. The number of sulfonamides is 1. The lowest BCUT2D eigenvalue weighted by molar-refractivity contribution is -0.115. The number of fused-ring (bicyclic) bond motifs is 1. The standard InChI is InChI=1S/C25H35N7O5S/c1-5-7-21-27-17(3)22-24(33)28-23(29-32(21)22)19-12-18(8-9-20(19)36-6-2)38(34,35)31-10-11-37-25(15-31)13-26-16-30(4)14-25/h8-9,12,26H,5-7,10-11,13-16H2,1-4H3,(H,28,29,33). The average Bonchev–Trinajstić information content (AvgIpc) is 3.20. The molecule has 0 bridgehead atoms. The molecule has 1 spiro atoms. The minimum Gasteiger partial charge on any atom is -0.493 e. The molecular weight excluding hydrogens is 510 g/mol. The third-order valence-electron chi connectivity index (χ3n) is 6.96. The van der Waals surface area contributed by atoms with Gasteiger partial charge in [-0.05, 0) is 45.5 Å². The van der Waals surface area contributed by atoms with Crippen LogP contribution in [0.25, 0.3) is 16.9 Å². The van der Waals surface area contributed by atoms with Crippen LogP contribution in [0.15, 0.2) is 27.9 Å². The Morgan fingerprint density at radius 3 is 2.79 bits per heavy atom. The van der Waals surface area contributed by atoms with Gasteiger partial charge in [-0.25, -0.2) is 17.9 Å². The molecule has 2 saturated heterocycles. The van der Waals surface area contributed by atoms with Gasteiger partial charge in [-0.3, -0.25) is 9.69 Å². The van der Waals surface area contributed by atoms with Gasteiger partial charge in [0.05, 0.1) is 29.4 Å². The Morgan fingerprint density at radius 1 is 1.24 bits per heavy atom. The maximum absolute atomic E-state index is 13.9. The van der Waals surface area contributed by atoms with Crippen molar-refractivity contribution in [2.45, 2.75) is 44.1 Å². The Kier molecular flexibility index (Phi) is 7.31. The number of nitrogens with one attached hydrogen (secondary N) is 2. The molecule has 5 rings (SSSR count). The number of H-pyrrole nitrogens is 1. The van der Waals surface area contributed by atoms with Gasteiger partial charge in [-0.2, -0.15) is 4.31 Å². The second-order valence-electron chi connectivity index (χ2n) is 9.99. The predicted octanol–water partition coefficient (Wildman–Crippen LogP) is 0.996. The van der Waals surface area contributed by atoms with E-state index in [1.165, 1.54) is 16.4 Å². The number of hydrogen-bond donors (Lipinski definition) is 2. The molecule has 4 heterocycles. The number of morpholine rings is 1. The average molecular weight is 546 g/mol. The van der Waals surface area contributed by atoms with Gasteiger partial charge in [-0.15, -0.1) is 5.10 Å². The Labute approximate surface area is 222 Å². The van der Waals surface area contributed by atoms with Crippen LogP contribution < -0.4 is 15.6 Å². The Hall–Kier alpha value is -2.84. The number of aromatic amines is 1. The zero-order chi connectivity index (χ0) is 27.1. The van der Waals surface area contributed by atoms with E-state index < -0.39 is 15.6 Å². The van der Waals surface area contributed by atoms with E-state index in [0.29, 0.717) is 61.1 Å². The highest BCUT2D eigenvalue weighted by molar-refractivity contribution is 7.89. The number of rotatable bonds is 7. The largest absolute Gasteiger partial charge is 0.493 e. The minimum atomic E-state index is -3.87. The van der Waals surface area contributed by atoms with E-state index in [9.17, 15) is 13.2 Å². The van der Waals surface area contributed by atoms with Crippen molar-refractivity contribution < 1.29 is 17.9 Å². The molecule has 2 aliphatic heterocycles. The summed E-state index contributed by atoms with van der Waals surface area (Å²) in [6, 6.07) is 4.69. The zero-order valence-corrected chi connectivity index (χ0v) is 23.1.